The van der Waals surface area contributed by atoms with Crippen molar-refractivity contribution in [3.8, 4) is 0 Å². The van der Waals surface area contributed by atoms with Gasteiger partial charge in [0.15, 0.2) is 5.96 Å². The molecule has 1 amide bonds. The monoisotopic (exact) mass is 358 g/mol. The fourth-order valence-electron chi connectivity index (χ4n) is 3.37. The molecule has 144 valence electrons. The summed E-state index contributed by atoms with van der Waals surface area (Å²) in [5.41, 5.74) is 1.43. The van der Waals surface area contributed by atoms with E-state index < -0.39 is 0 Å². The minimum absolute atomic E-state index is 0.101. The van der Waals surface area contributed by atoms with Crippen LogP contribution in [-0.4, -0.2) is 49.5 Å². The number of nitrogens with one attached hydrogen (secondary N) is 2. The lowest BCUT2D eigenvalue weighted by molar-refractivity contribution is -0.121. The molecule has 5 nitrogen and oxygen atoms in total. The van der Waals surface area contributed by atoms with Crippen molar-refractivity contribution >= 4 is 11.9 Å². The number of piperidine rings is 1. The molecule has 2 rings (SSSR count). The molecule has 1 aromatic carbocycles. The van der Waals surface area contributed by atoms with Gasteiger partial charge in [-0.25, -0.2) is 0 Å². The highest BCUT2D eigenvalue weighted by atomic mass is 16.1. The first-order chi connectivity index (χ1) is 12.6. The van der Waals surface area contributed by atoms with Crippen molar-refractivity contribution in [3.05, 3.63) is 35.9 Å². The van der Waals surface area contributed by atoms with Crippen LogP contribution in [0.2, 0.25) is 0 Å². The molecule has 1 aliphatic rings. The van der Waals surface area contributed by atoms with Crippen molar-refractivity contribution in [1.82, 2.24) is 15.5 Å². The first-order valence-electron chi connectivity index (χ1n) is 9.91. The van der Waals surface area contributed by atoms with Gasteiger partial charge in [0.25, 0.3) is 0 Å². The largest absolute Gasteiger partial charge is 0.356 e. The van der Waals surface area contributed by atoms with Gasteiger partial charge in [-0.15, -0.1) is 0 Å². The highest BCUT2D eigenvalue weighted by Crippen LogP contribution is 2.21. The van der Waals surface area contributed by atoms with Crippen LogP contribution in [0.25, 0.3) is 0 Å². The van der Waals surface area contributed by atoms with E-state index in [-0.39, 0.29) is 11.9 Å². The van der Waals surface area contributed by atoms with E-state index in [9.17, 15) is 4.79 Å². The van der Waals surface area contributed by atoms with Crippen LogP contribution >= 0.6 is 0 Å². The molecule has 5 heteroatoms. The second-order valence-electron chi connectivity index (χ2n) is 7.22. The van der Waals surface area contributed by atoms with Crippen LogP contribution in [0.5, 0.6) is 0 Å². The van der Waals surface area contributed by atoms with Gasteiger partial charge in [0.2, 0.25) is 5.91 Å². The van der Waals surface area contributed by atoms with E-state index in [0.29, 0.717) is 13.0 Å². The summed E-state index contributed by atoms with van der Waals surface area (Å²) in [6.45, 7) is 6.78. The Morgan fingerprint density at radius 3 is 2.58 bits per heavy atom. The van der Waals surface area contributed by atoms with Gasteiger partial charge < -0.3 is 15.5 Å². The number of aliphatic imine (C=N–C) groups is 1. The topological polar surface area (TPSA) is 56.7 Å². The fraction of sp³-hybridized carbons (Fsp3) is 0.619. The molecule has 0 aliphatic carbocycles. The molecule has 0 spiro atoms. The van der Waals surface area contributed by atoms with Crippen molar-refractivity contribution in [2.24, 2.45) is 10.9 Å². The maximum Gasteiger partial charge on any atom is 0.221 e. The summed E-state index contributed by atoms with van der Waals surface area (Å²) < 4.78 is 0. The lowest BCUT2D eigenvalue weighted by Gasteiger charge is -2.34. The summed E-state index contributed by atoms with van der Waals surface area (Å²) in [6, 6.07) is 11.0. The SMILES string of the molecule is CCC(C)NC(=O)CCNC(=NC)N1CCC(Cc2ccccc2)CC1. The molecular weight excluding hydrogens is 324 g/mol. The third kappa shape index (κ3) is 6.70. The summed E-state index contributed by atoms with van der Waals surface area (Å²) in [4.78, 5) is 18.6. The van der Waals surface area contributed by atoms with Gasteiger partial charge in [-0.2, -0.15) is 0 Å². The standard InChI is InChI=1S/C21H34N4O/c1-4-17(2)24-20(26)10-13-23-21(22-3)25-14-11-19(12-15-25)16-18-8-6-5-7-9-18/h5-9,17,19H,4,10-16H2,1-3H3,(H,22,23)(H,24,26). The van der Waals surface area contributed by atoms with E-state index in [2.05, 4.69) is 57.8 Å². The third-order valence-corrected chi connectivity index (χ3v) is 5.15. The predicted octanol–water partition coefficient (Wildman–Crippen LogP) is 2.82. The van der Waals surface area contributed by atoms with E-state index in [1.165, 1.54) is 18.4 Å². The maximum atomic E-state index is 11.9. The summed E-state index contributed by atoms with van der Waals surface area (Å²) in [6.07, 6.45) is 4.97. The number of carbonyl (C=O) groups is 1. The van der Waals surface area contributed by atoms with Gasteiger partial charge in [0, 0.05) is 39.1 Å². The van der Waals surface area contributed by atoms with Crippen LogP contribution in [0, 0.1) is 5.92 Å². The molecule has 1 saturated heterocycles. The van der Waals surface area contributed by atoms with Crippen molar-refractivity contribution in [2.75, 3.05) is 26.7 Å². The van der Waals surface area contributed by atoms with Crippen molar-refractivity contribution in [1.29, 1.82) is 0 Å². The molecule has 0 radical (unpaired) electrons. The molecule has 0 bridgehead atoms. The van der Waals surface area contributed by atoms with Crippen molar-refractivity contribution in [2.45, 2.75) is 52.0 Å². The van der Waals surface area contributed by atoms with Gasteiger partial charge in [0.05, 0.1) is 0 Å². The summed E-state index contributed by atoms with van der Waals surface area (Å²) in [7, 11) is 1.82. The van der Waals surface area contributed by atoms with E-state index in [4.69, 9.17) is 0 Å². The average molecular weight is 359 g/mol. The molecule has 2 N–H and O–H groups in total. The molecule has 0 aromatic heterocycles. The average Bonchev–Trinajstić information content (AvgIpc) is 2.67. The lowest BCUT2D eigenvalue weighted by Crippen LogP contribution is -2.46. The highest BCUT2D eigenvalue weighted by Gasteiger charge is 2.21. The fourth-order valence-corrected chi connectivity index (χ4v) is 3.37. The normalized spacial score (nSPS) is 17.0. The minimum atomic E-state index is 0.101. The molecule has 1 fully saturated rings. The van der Waals surface area contributed by atoms with E-state index in [0.717, 1.165) is 37.8 Å². The Balaban J connectivity index is 1.70. The Hall–Kier alpha value is -2.04. The van der Waals surface area contributed by atoms with Gasteiger partial charge in [0.1, 0.15) is 0 Å². The summed E-state index contributed by atoms with van der Waals surface area (Å²) in [5, 5.41) is 6.34. The molecule has 26 heavy (non-hydrogen) atoms. The number of hydrogen-bond acceptors (Lipinski definition) is 2. The number of nitrogens with zero attached hydrogens (tertiary/aromatic N) is 2. The molecular formula is C21H34N4O. The minimum Gasteiger partial charge on any atom is -0.356 e. The zero-order chi connectivity index (χ0) is 18.8. The Morgan fingerprint density at radius 1 is 1.27 bits per heavy atom. The first-order valence-corrected chi connectivity index (χ1v) is 9.91. The van der Waals surface area contributed by atoms with E-state index in [1.807, 2.05) is 14.0 Å². The molecule has 1 aromatic rings. The van der Waals surface area contributed by atoms with Crippen molar-refractivity contribution in [3.63, 3.8) is 0 Å². The Kier molecular flexibility index (Phi) is 8.45. The summed E-state index contributed by atoms with van der Waals surface area (Å²) in [5.74, 6) is 1.76. The van der Waals surface area contributed by atoms with Gasteiger partial charge >= 0.3 is 0 Å². The van der Waals surface area contributed by atoms with Crippen LogP contribution in [-0.2, 0) is 11.2 Å². The number of rotatable bonds is 7. The Bertz CT molecular complexity index is 565. The Labute approximate surface area is 158 Å². The number of hydrogen-bond donors (Lipinski definition) is 2. The molecule has 1 aliphatic heterocycles. The molecule has 1 heterocycles. The number of carbonyl (C=O) groups excluding carboxylic acids is 1. The van der Waals surface area contributed by atoms with E-state index >= 15 is 0 Å². The van der Waals surface area contributed by atoms with Crippen LogP contribution < -0.4 is 10.6 Å². The number of likely N-dealkylation sites (tertiary alicyclic amines) is 1. The summed E-state index contributed by atoms with van der Waals surface area (Å²) >= 11 is 0. The van der Waals surface area contributed by atoms with Crippen LogP contribution in [0.15, 0.2) is 35.3 Å². The van der Waals surface area contributed by atoms with Crippen LogP contribution in [0.3, 0.4) is 0 Å². The third-order valence-electron chi connectivity index (χ3n) is 5.15. The second-order valence-corrected chi connectivity index (χ2v) is 7.22. The molecule has 1 unspecified atom stereocenters. The number of amides is 1. The van der Waals surface area contributed by atoms with Gasteiger partial charge in [-0.3, -0.25) is 9.79 Å². The highest BCUT2D eigenvalue weighted by molar-refractivity contribution is 5.81. The smallest absolute Gasteiger partial charge is 0.221 e. The Morgan fingerprint density at radius 2 is 1.96 bits per heavy atom. The zero-order valence-corrected chi connectivity index (χ0v) is 16.5. The molecule has 1 atom stereocenters. The van der Waals surface area contributed by atoms with E-state index in [1.54, 1.807) is 0 Å². The van der Waals surface area contributed by atoms with Crippen molar-refractivity contribution < 1.29 is 4.79 Å². The number of benzene rings is 1. The van der Waals surface area contributed by atoms with Gasteiger partial charge in [-0.1, -0.05) is 37.3 Å². The maximum absolute atomic E-state index is 11.9. The lowest BCUT2D eigenvalue weighted by atomic mass is 9.90. The van der Waals surface area contributed by atoms with Crippen LogP contribution in [0.1, 0.15) is 45.1 Å². The molecule has 0 saturated carbocycles. The number of guanidine groups is 1. The first kappa shape index (κ1) is 20.3. The zero-order valence-electron chi connectivity index (χ0n) is 16.5. The van der Waals surface area contributed by atoms with Gasteiger partial charge in [-0.05, 0) is 44.1 Å². The van der Waals surface area contributed by atoms with Crippen LogP contribution in [0.4, 0.5) is 0 Å². The quantitative estimate of drug-likeness (QED) is 0.582. The predicted molar refractivity (Wildman–Crippen MR) is 108 cm³/mol. The second kappa shape index (κ2) is 10.8.